The van der Waals surface area contributed by atoms with Crippen LogP contribution in [0.1, 0.15) is 5.56 Å². The lowest BCUT2D eigenvalue weighted by atomic mass is 10.2. The second-order valence-corrected chi connectivity index (χ2v) is 5.44. The van der Waals surface area contributed by atoms with Gasteiger partial charge in [-0.2, -0.15) is 0 Å². The normalized spacial score (nSPS) is 11.2. The van der Waals surface area contributed by atoms with E-state index < -0.39 is 0 Å². The van der Waals surface area contributed by atoms with E-state index in [1.54, 1.807) is 36.1 Å². The van der Waals surface area contributed by atoms with Crippen LogP contribution in [0.15, 0.2) is 35.3 Å². The predicted molar refractivity (Wildman–Crippen MR) is 90.6 cm³/mol. The van der Waals surface area contributed by atoms with E-state index in [2.05, 4.69) is 4.98 Å². The fraction of sp³-hybridized carbons (Fsp3) is 0.200. The quantitative estimate of drug-likeness (QED) is 0.533. The van der Waals surface area contributed by atoms with Crippen molar-refractivity contribution >= 4 is 33.9 Å². The van der Waals surface area contributed by atoms with E-state index >= 15 is 0 Å². The highest BCUT2D eigenvalue weighted by Gasteiger charge is 2.14. The number of fused-ring (bicyclic) bond motifs is 2. The molecule has 8 heteroatoms. The Morgan fingerprint density at radius 2 is 2.26 bits per heavy atom. The first-order chi connectivity index (χ1) is 11.0. The molecule has 0 amide bonds. The molecule has 0 saturated carbocycles. The molecule has 0 aliphatic heterocycles. The molecule has 118 valence electrons. The van der Waals surface area contributed by atoms with Gasteiger partial charge in [0, 0.05) is 19.9 Å². The lowest BCUT2D eigenvalue weighted by Gasteiger charge is -2.13. The summed E-state index contributed by atoms with van der Waals surface area (Å²) < 4.78 is 8.14. The Balaban J connectivity index is 2.50. The van der Waals surface area contributed by atoms with Crippen LogP contribution in [0.25, 0.3) is 16.7 Å². The molecule has 0 bridgehead atoms. The standard InChI is InChI=1S/C15H15N5O2S/c1-22-7-6-20-12(16)9(13(17)23)8-10-14(20)18-11-4-2-3-5-19(11)15(10)21/h2-5,8,16H,6-7H2,1H3,(H2,17,23). The highest BCUT2D eigenvalue weighted by atomic mass is 32.1. The summed E-state index contributed by atoms with van der Waals surface area (Å²) >= 11 is 5.01. The first-order valence-electron chi connectivity index (χ1n) is 6.93. The molecule has 3 aromatic rings. The number of thiocarbonyl (C=S) groups is 1. The molecule has 3 aromatic heterocycles. The molecule has 0 unspecified atom stereocenters. The number of methoxy groups -OCH3 is 1. The van der Waals surface area contributed by atoms with Crippen molar-refractivity contribution in [3.05, 3.63) is 51.9 Å². The predicted octanol–water partition coefficient (Wildman–Crippen LogP) is 0.409. The largest absolute Gasteiger partial charge is 0.389 e. The summed E-state index contributed by atoms with van der Waals surface area (Å²) in [5.41, 5.74) is 6.87. The van der Waals surface area contributed by atoms with Crippen LogP contribution in [0, 0.1) is 5.41 Å². The van der Waals surface area contributed by atoms with Crippen LogP contribution >= 0.6 is 12.2 Å². The lowest BCUT2D eigenvalue weighted by molar-refractivity contribution is 0.187. The first-order valence-corrected chi connectivity index (χ1v) is 7.33. The minimum absolute atomic E-state index is 0.0700. The summed E-state index contributed by atoms with van der Waals surface area (Å²) in [4.78, 5) is 17.3. The zero-order valence-corrected chi connectivity index (χ0v) is 13.3. The number of nitrogens with one attached hydrogen (secondary N) is 1. The Bertz CT molecular complexity index is 1040. The molecule has 0 aromatic carbocycles. The third kappa shape index (κ3) is 2.51. The van der Waals surface area contributed by atoms with Gasteiger partial charge in [0.05, 0.1) is 17.6 Å². The van der Waals surface area contributed by atoms with Gasteiger partial charge in [-0.1, -0.05) is 18.3 Å². The van der Waals surface area contributed by atoms with E-state index in [1.807, 2.05) is 0 Å². The second kappa shape index (κ2) is 5.90. The van der Waals surface area contributed by atoms with Gasteiger partial charge in [0.25, 0.3) is 5.56 Å². The molecule has 0 fully saturated rings. The highest BCUT2D eigenvalue weighted by molar-refractivity contribution is 7.80. The molecule has 0 saturated heterocycles. The van der Waals surface area contributed by atoms with Crippen molar-refractivity contribution in [2.75, 3.05) is 13.7 Å². The monoisotopic (exact) mass is 329 g/mol. The summed E-state index contributed by atoms with van der Waals surface area (Å²) in [5.74, 6) is 0. The molecule has 3 rings (SSSR count). The third-order valence-corrected chi connectivity index (χ3v) is 3.82. The van der Waals surface area contributed by atoms with Gasteiger partial charge in [0.15, 0.2) is 0 Å². The van der Waals surface area contributed by atoms with Crippen molar-refractivity contribution in [1.29, 1.82) is 5.41 Å². The fourth-order valence-corrected chi connectivity index (χ4v) is 2.63. The van der Waals surface area contributed by atoms with Crippen LogP contribution in [0.4, 0.5) is 0 Å². The topological polar surface area (TPSA) is 98.4 Å². The smallest absolute Gasteiger partial charge is 0.267 e. The van der Waals surface area contributed by atoms with Crippen molar-refractivity contribution < 1.29 is 4.74 Å². The fourth-order valence-electron chi connectivity index (χ4n) is 2.48. The van der Waals surface area contributed by atoms with Crippen molar-refractivity contribution in [3.63, 3.8) is 0 Å². The van der Waals surface area contributed by atoms with Gasteiger partial charge < -0.3 is 15.0 Å². The maximum atomic E-state index is 12.7. The molecule has 0 radical (unpaired) electrons. The summed E-state index contributed by atoms with van der Waals surface area (Å²) in [6, 6.07) is 6.84. The molecule has 0 atom stereocenters. The van der Waals surface area contributed by atoms with Gasteiger partial charge >= 0.3 is 0 Å². The van der Waals surface area contributed by atoms with E-state index in [-0.39, 0.29) is 16.0 Å². The zero-order chi connectivity index (χ0) is 16.6. The highest BCUT2D eigenvalue weighted by Crippen LogP contribution is 2.10. The average molecular weight is 329 g/mol. The van der Waals surface area contributed by atoms with E-state index in [1.165, 1.54) is 10.5 Å². The van der Waals surface area contributed by atoms with E-state index in [4.69, 9.17) is 28.1 Å². The maximum absolute atomic E-state index is 12.7. The number of hydrogen-bond acceptors (Lipinski definition) is 5. The van der Waals surface area contributed by atoms with Crippen LogP contribution in [0.3, 0.4) is 0 Å². The number of ether oxygens (including phenoxy) is 1. The molecular formula is C15H15N5O2S. The zero-order valence-electron chi connectivity index (χ0n) is 12.4. The van der Waals surface area contributed by atoms with Gasteiger partial charge in [-0.25, -0.2) is 4.98 Å². The number of rotatable bonds is 4. The summed E-state index contributed by atoms with van der Waals surface area (Å²) in [7, 11) is 1.57. The van der Waals surface area contributed by atoms with Crippen molar-refractivity contribution in [2.24, 2.45) is 5.73 Å². The number of hydrogen-bond donors (Lipinski definition) is 2. The third-order valence-electron chi connectivity index (χ3n) is 3.60. The summed E-state index contributed by atoms with van der Waals surface area (Å²) in [5, 5.41) is 8.67. The molecule has 3 heterocycles. The summed E-state index contributed by atoms with van der Waals surface area (Å²) in [6.07, 6.45) is 1.65. The van der Waals surface area contributed by atoms with Crippen molar-refractivity contribution in [3.8, 4) is 0 Å². The SMILES string of the molecule is COCCn1c(=N)c(C(N)=S)cc2c(=O)n3ccccc3nc21. The minimum atomic E-state index is -0.228. The van der Waals surface area contributed by atoms with Gasteiger partial charge in [-0.3, -0.25) is 14.6 Å². The minimum Gasteiger partial charge on any atom is -0.389 e. The molecule has 0 spiro atoms. The van der Waals surface area contributed by atoms with Crippen molar-refractivity contribution in [2.45, 2.75) is 6.54 Å². The van der Waals surface area contributed by atoms with Gasteiger partial charge in [-0.15, -0.1) is 0 Å². The number of pyridine rings is 2. The molecule has 0 aliphatic rings. The number of nitrogens with two attached hydrogens (primary N) is 1. The van der Waals surface area contributed by atoms with Crippen LogP contribution in [-0.4, -0.2) is 32.7 Å². The lowest BCUT2D eigenvalue weighted by Crippen LogP contribution is -2.32. The van der Waals surface area contributed by atoms with Gasteiger partial charge in [0.2, 0.25) is 0 Å². The Labute approximate surface area is 136 Å². The van der Waals surface area contributed by atoms with Crippen LogP contribution in [0.2, 0.25) is 0 Å². The Hall–Kier alpha value is -2.58. The van der Waals surface area contributed by atoms with Crippen LogP contribution in [-0.2, 0) is 11.3 Å². The summed E-state index contributed by atoms with van der Waals surface area (Å²) in [6.45, 7) is 0.750. The van der Waals surface area contributed by atoms with Crippen LogP contribution in [0.5, 0.6) is 0 Å². The Morgan fingerprint density at radius 1 is 1.48 bits per heavy atom. The first kappa shape index (κ1) is 15.3. The molecular weight excluding hydrogens is 314 g/mol. The average Bonchev–Trinajstić information content (AvgIpc) is 2.54. The molecule has 0 aliphatic carbocycles. The van der Waals surface area contributed by atoms with E-state index in [9.17, 15) is 4.79 Å². The Kier molecular flexibility index (Phi) is 3.93. The van der Waals surface area contributed by atoms with Crippen LogP contribution < -0.4 is 16.8 Å². The molecule has 7 nitrogen and oxygen atoms in total. The number of aromatic nitrogens is 3. The Morgan fingerprint density at radius 3 is 2.96 bits per heavy atom. The van der Waals surface area contributed by atoms with Gasteiger partial charge in [0.1, 0.15) is 21.8 Å². The maximum Gasteiger partial charge on any atom is 0.267 e. The van der Waals surface area contributed by atoms with E-state index in [0.29, 0.717) is 35.4 Å². The van der Waals surface area contributed by atoms with Gasteiger partial charge in [-0.05, 0) is 18.2 Å². The number of nitrogens with zero attached hydrogens (tertiary/aromatic N) is 3. The molecule has 23 heavy (non-hydrogen) atoms. The van der Waals surface area contributed by atoms with Crippen molar-refractivity contribution in [1.82, 2.24) is 14.0 Å². The second-order valence-electron chi connectivity index (χ2n) is 5.00. The molecule has 3 N–H and O–H groups in total. The van der Waals surface area contributed by atoms with E-state index in [0.717, 1.165) is 0 Å².